The molecule has 1 aliphatic rings. The summed E-state index contributed by atoms with van der Waals surface area (Å²) in [5, 5.41) is 3.62. The molecule has 7 heteroatoms. The zero-order valence-electron chi connectivity index (χ0n) is 12.3. The van der Waals surface area contributed by atoms with E-state index in [-0.39, 0.29) is 10.9 Å². The van der Waals surface area contributed by atoms with Gasteiger partial charge in [0.2, 0.25) is 10.0 Å². The molecule has 1 aromatic carbocycles. The first kappa shape index (κ1) is 16.5. The molecule has 21 heavy (non-hydrogen) atoms. The van der Waals surface area contributed by atoms with Gasteiger partial charge in [0.25, 0.3) is 0 Å². The molecule has 0 heterocycles. The average Bonchev–Trinajstić information content (AvgIpc) is 3.21. The summed E-state index contributed by atoms with van der Waals surface area (Å²) < 4.78 is 32.8. The van der Waals surface area contributed by atoms with Crippen molar-refractivity contribution >= 4 is 21.6 Å². The lowest BCUT2D eigenvalue weighted by Crippen LogP contribution is -2.26. The Hall–Kier alpha value is -0.820. The molecule has 1 fully saturated rings. The van der Waals surface area contributed by atoms with Crippen molar-refractivity contribution in [2.24, 2.45) is 0 Å². The van der Waals surface area contributed by atoms with Gasteiger partial charge in [0.15, 0.2) is 0 Å². The van der Waals surface area contributed by atoms with Gasteiger partial charge in [-0.1, -0.05) is 18.5 Å². The van der Waals surface area contributed by atoms with Crippen LogP contribution in [0, 0.1) is 0 Å². The molecule has 1 aromatic rings. The summed E-state index contributed by atoms with van der Waals surface area (Å²) in [6.45, 7) is 3.43. The van der Waals surface area contributed by atoms with Gasteiger partial charge in [0, 0.05) is 23.2 Å². The molecule has 0 spiro atoms. The van der Waals surface area contributed by atoms with E-state index >= 15 is 0 Å². The first-order chi connectivity index (χ1) is 9.97. The molecule has 0 aliphatic heterocycles. The highest BCUT2D eigenvalue weighted by molar-refractivity contribution is 7.89. The van der Waals surface area contributed by atoms with Gasteiger partial charge in [-0.25, -0.2) is 13.1 Å². The number of methoxy groups -OCH3 is 1. The van der Waals surface area contributed by atoms with E-state index in [4.69, 9.17) is 16.3 Å². The maximum Gasteiger partial charge on any atom is 0.244 e. The van der Waals surface area contributed by atoms with Gasteiger partial charge in [-0.3, -0.25) is 0 Å². The maximum atomic E-state index is 12.4. The fourth-order valence-corrected chi connectivity index (χ4v) is 3.92. The van der Waals surface area contributed by atoms with Crippen LogP contribution < -0.4 is 14.8 Å². The fourth-order valence-electron chi connectivity index (χ4n) is 2.07. The van der Waals surface area contributed by atoms with E-state index in [1.165, 1.54) is 13.2 Å². The van der Waals surface area contributed by atoms with Crippen LogP contribution in [0.15, 0.2) is 17.0 Å². The van der Waals surface area contributed by atoms with Crippen molar-refractivity contribution in [2.45, 2.75) is 43.7 Å². The van der Waals surface area contributed by atoms with Crippen LogP contribution in [0.4, 0.5) is 0 Å². The molecule has 0 amide bonds. The number of hydrogen-bond acceptors (Lipinski definition) is 4. The summed E-state index contributed by atoms with van der Waals surface area (Å²) in [7, 11) is -2.13. The molecular formula is C14H21ClN2O3S. The predicted octanol–water partition coefficient (Wildman–Crippen LogP) is 2.29. The molecular weight excluding hydrogens is 312 g/mol. The Balaban J connectivity index is 2.34. The second-order valence-corrected chi connectivity index (χ2v) is 7.29. The minimum atomic E-state index is -3.60. The largest absolute Gasteiger partial charge is 0.495 e. The van der Waals surface area contributed by atoms with Crippen molar-refractivity contribution < 1.29 is 13.2 Å². The summed E-state index contributed by atoms with van der Waals surface area (Å²) in [5.74, 6) is 0.358. The van der Waals surface area contributed by atoms with Crippen LogP contribution in [0.1, 0.15) is 31.7 Å². The van der Waals surface area contributed by atoms with Gasteiger partial charge in [-0.05, 0) is 37.9 Å². The van der Waals surface area contributed by atoms with E-state index in [9.17, 15) is 8.42 Å². The van der Waals surface area contributed by atoms with Gasteiger partial charge in [0.05, 0.1) is 7.11 Å². The Kier molecular flexibility index (Phi) is 5.48. The van der Waals surface area contributed by atoms with Gasteiger partial charge >= 0.3 is 0 Å². The highest BCUT2D eigenvalue weighted by atomic mass is 35.5. The van der Waals surface area contributed by atoms with Crippen LogP contribution in [0.2, 0.25) is 5.02 Å². The Morgan fingerprint density at radius 3 is 2.67 bits per heavy atom. The van der Waals surface area contributed by atoms with Crippen LogP contribution in [0.25, 0.3) is 0 Å². The number of ether oxygens (including phenoxy) is 1. The van der Waals surface area contributed by atoms with Gasteiger partial charge in [-0.15, -0.1) is 0 Å². The van der Waals surface area contributed by atoms with Crippen LogP contribution >= 0.6 is 11.6 Å². The third-order valence-electron chi connectivity index (χ3n) is 3.23. The molecule has 2 rings (SSSR count). The van der Waals surface area contributed by atoms with E-state index in [0.717, 1.165) is 31.4 Å². The molecule has 0 aromatic heterocycles. The first-order valence-corrected chi connectivity index (χ1v) is 8.93. The molecule has 0 unspecified atom stereocenters. The molecule has 0 bridgehead atoms. The SMILES string of the molecule is CCCNCc1cc(Cl)cc(S(=O)(=O)NC2CC2)c1OC. The summed E-state index contributed by atoms with van der Waals surface area (Å²) in [6.07, 6.45) is 2.76. The van der Waals surface area contributed by atoms with E-state index in [0.29, 0.717) is 17.3 Å². The molecule has 0 atom stereocenters. The monoisotopic (exact) mass is 332 g/mol. The smallest absolute Gasteiger partial charge is 0.244 e. The molecule has 1 saturated carbocycles. The van der Waals surface area contributed by atoms with Crippen molar-refractivity contribution in [3.05, 3.63) is 22.7 Å². The lowest BCUT2D eigenvalue weighted by atomic mass is 10.2. The molecule has 0 saturated heterocycles. The maximum absolute atomic E-state index is 12.4. The predicted molar refractivity (Wildman–Crippen MR) is 83.3 cm³/mol. The average molecular weight is 333 g/mol. The van der Waals surface area contributed by atoms with Crippen LogP contribution in [0.5, 0.6) is 5.75 Å². The Labute approximate surface area is 131 Å². The molecule has 0 radical (unpaired) electrons. The number of rotatable bonds is 8. The van der Waals surface area contributed by atoms with Gasteiger partial charge in [-0.2, -0.15) is 0 Å². The van der Waals surface area contributed by atoms with Crippen molar-refractivity contribution in [3.63, 3.8) is 0 Å². The van der Waals surface area contributed by atoms with E-state index in [2.05, 4.69) is 17.0 Å². The number of sulfonamides is 1. The number of halogens is 1. The summed E-state index contributed by atoms with van der Waals surface area (Å²) in [4.78, 5) is 0.109. The van der Waals surface area contributed by atoms with Crippen molar-refractivity contribution in [3.8, 4) is 5.75 Å². The van der Waals surface area contributed by atoms with E-state index in [1.54, 1.807) is 6.07 Å². The molecule has 118 valence electrons. The zero-order valence-corrected chi connectivity index (χ0v) is 13.9. The zero-order chi connectivity index (χ0) is 15.5. The minimum absolute atomic E-state index is 0.0420. The van der Waals surface area contributed by atoms with Gasteiger partial charge in [0.1, 0.15) is 10.6 Å². The lowest BCUT2D eigenvalue weighted by molar-refractivity contribution is 0.395. The van der Waals surface area contributed by atoms with E-state index < -0.39 is 10.0 Å². The number of benzene rings is 1. The van der Waals surface area contributed by atoms with Crippen molar-refractivity contribution in [1.82, 2.24) is 10.0 Å². The summed E-state index contributed by atoms with van der Waals surface area (Å²) in [5.41, 5.74) is 0.745. The number of hydrogen-bond donors (Lipinski definition) is 2. The molecule has 2 N–H and O–H groups in total. The third kappa shape index (κ3) is 4.32. The highest BCUT2D eigenvalue weighted by Gasteiger charge is 2.30. The van der Waals surface area contributed by atoms with Crippen molar-refractivity contribution in [1.29, 1.82) is 0 Å². The van der Waals surface area contributed by atoms with Crippen LogP contribution in [0.3, 0.4) is 0 Å². The third-order valence-corrected chi connectivity index (χ3v) is 4.98. The summed E-state index contributed by atoms with van der Waals surface area (Å²) in [6, 6.07) is 3.22. The standard InChI is InChI=1S/C14H21ClN2O3S/c1-3-6-16-9-10-7-11(15)8-13(14(10)20-2)21(18,19)17-12-4-5-12/h7-8,12,16-17H,3-6,9H2,1-2H3. The molecule has 1 aliphatic carbocycles. The van der Waals surface area contributed by atoms with Crippen LogP contribution in [-0.2, 0) is 16.6 Å². The Bertz CT molecular complexity index is 600. The topological polar surface area (TPSA) is 67.4 Å². The number of nitrogens with one attached hydrogen (secondary N) is 2. The first-order valence-electron chi connectivity index (χ1n) is 7.07. The minimum Gasteiger partial charge on any atom is -0.495 e. The Morgan fingerprint density at radius 1 is 1.38 bits per heavy atom. The fraction of sp³-hybridized carbons (Fsp3) is 0.571. The highest BCUT2D eigenvalue weighted by Crippen LogP contribution is 2.33. The Morgan fingerprint density at radius 2 is 2.10 bits per heavy atom. The quantitative estimate of drug-likeness (QED) is 0.717. The molecule has 5 nitrogen and oxygen atoms in total. The second-order valence-electron chi connectivity index (χ2n) is 5.17. The van der Waals surface area contributed by atoms with E-state index in [1.807, 2.05) is 0 Å². The normalized spacial score (nSPS) is 15.2. The van der Waals surface area contributed by atoms with Gasteiger partial charge < -0.3 is 10.1 Å². The van der Waals surface area contributed by atoms with Crippen LogP contribution in [-0.4, -0.2) is 28.1 Å². The summed E-state index contributed by atoms with van der Waals surface area (Å²) >= 11 is 6.07. The second kappa shape index (κ2) is 6.96. The lowest BCUT2D eigenvalue weighted by Gasteiger charge is -2.15. The van der Waals surface area contributed by atoms with Crippen molar-refractivity contribution in [2.75, 3.05) is 13.7 Å².